The second-order valence-electron chi connectivity index (χ2n) is 4.75. The van der Waals surface area contributed by atoms with Crippen molar-refractivity contribution in [2.75, 3.05) is 7.11 Å². The summed E-state index contributed by atoms with van der Waals surface area (Å²) in [7, 11) is 1.72. The molecule has 0 saturated heterocycles. The van der Waals surface area contributed by atoms with Gasteiger partial charge in [-0.3, -0.25) is 16.3 Å². The van der Waals surface area contributed by atoms with Crippen molar-refractivity contribution in [3.05, 3.63) is 28.5 Å². The molecule has 1 aromatic heterocycles. The number of rotatable bonds is 6. The molecule has 1 aromatic rings. The molecule has 0 bridgehead atoms. The van der Waals surface area contributed by atoms with Gasteiger partial charge in [0.25, 0.3) is 0 Å². The van der Waals surface area contributed by atoms with E-state index in [2.05, 4.69) is 46.3 Å². The second kappa shape index (κ2) is 6.44. The number of nitrogens with one attached hydrogen (secondary N) is 1. The summed E-state index contributed by atoms with van der Waals surface area (Å²) < 4.78 is 6.39. The first-order valence-corrected chi connectivity index (χ1v) is 6.37. The van der Waals surface area contributed by atoms with Gasteiger partial charge in [-0.15, -0.1) is 0 Å². The quantitative estimate of drug-likeness (QED) is 0.623. The number of hydrogen-bond donors (Lipinski definition) is 2. The van der Waals surface area contributed by atoms with Crippen LogP contribution in [0, 0.1) is 0 Å². The summed E-state index contributed by atoms with van der Waals surface area (Å²) in [6.45, 7) is 4.10. The maximum atomic E-state index is 5.58. The van der Waals surface area contributed by atoms with Crippen LogP contribution in [0.2, 0.25) is 0 Å². The fourth-order valence-corrected chi connectivity index (χ4v) is 2.13. The van der Waals surface area contributed by atoms with Crippen LogP contribution in [0.3, 0.4) is 0 Å². The number of hydrazine groups is 1. The Hall–Kier alpha value is -0.490. The average Bonchev–Trinajstić information content (AvgIpc) is 2.28. The Morgan fingerprint density at radius 2 is 2.24 bits per heavy atom. The Kier molecular flexibility index (Phi) is 5.52. The normalized spacial score (nSPS) is 13.7. The Morgan fingerprint density at radius 3 is 2.76 bits per heavy atom. The first-order chi connectivity index (χ1) is 7.96. The van der Waals surface area contributed by atoms with E-state index in [0.717, 1.165) is 22.9 Å². The van der Waals surface area contributed by atoms with E-state index in [-0.39, 0.29) is 11.6 Å². The lowest BCUT2D eigenvalue weighted by Gasteiger charge is -2.28. The van der Waals surface area contributed by atoms with Gasteiger partial charge in [0, 0.05) is 30.0 Å². The molecule has 1 heterocycles. The highest BCUT2D eigenvalue weighted by atomic mass is 79.9. The summed E-state index contributed by atoms with van der Waals surface area (Å²) >= 11 is 3.41. The van der Waals surface area contributed by atoms with Crippen molar-refractivity contribution in [3.8, 4) is 0 Å². The summed E-state index contributed by atoms with van der Waals surface area (Å²) in [5.74, 6) is 5.58. The standard InChI is InChI=1S/C12H20BrN3O/c1-12(2,17-3)6-11(16-14)5-9-4-10(13)8-15-7-9/h4,7-8,11,16H,5-6,14H2,1-3H3. The molecule has 0 saturated carbocycles. The van der Waals surface area contributed by atoms with E-state index < -0.39 is 0 Å². The predicted molar refractivity (Wildman–Crippen MR) is 72.5 cm³/mol. The van der Waals surface area contributed by atoms with Crippen molar-refractivity contribution in [1.82, 2.24) is 10.4 Å². The van der Waals surface area contributed by atoms with Gasteiger partial charge < -0.3 is 4.74 Å². The van der Waals surface area contributed by atoms with Crippen LogP contribution < -0.4 is 11.3 Å². The summed E-state index contributed by atoms with van der Waals surface area (Å²) in [5.41, 5.74) is 3.80. The van der Waals surface area contributed by atoms with Crippen molar-refractivity contribution in [1.29, 1.82) is 0 Å². The molecule has 1 unspecified atom stereocenters. The zero-order valence-electron chi connectivity index (χ0n) is 10.5. The number of ether oxygens (including phenoxy) is 1. The van der Waals surface area contributed by atoms with Crippen LogP contribution in [0.1, 0.15) is 25.8 Å². The van der Waals surface area contributed by atoms with E-state index >= 15 is 0 Å². The molecular weight excluding hydrogens is 282 g/mol. The minimum Gasteiger partial charge on any atom is -0.379 e. The third-order valence-electron chi connectivity index (χ3n) is 2.77. The van der Waals surface area contributed by atoms with Crippen LogP contribution in [0.5, 0.6) is 0 Å². The minimum absolute atomic E-state index is 0.168. The number of hydrogen-bond acceptors (Lipinski definition) is 4. The lowest BCUT2D eigenvalue weighted by atomic mass is 9.95. The largest absolute Gasteiger partial charge is 0.379 e. The Morgan fingerprint density at radius 1 is 1.53 bits per heavy atom. The molecule has 0 amide bonds. The first-order valence-electron chi connectivity index (χ1n) is 5.57. The van der Waals surface area contributed by atoms with Crippen LogP contribution in [0.15, 0.2) is 22.9 Å². The monoisotopic (exact) mass is 301 g/mol. The number of nitrogens with zero attached hydrogens (tertiary/aromatic N) is 1. The summed E-state index contributed by atoms with van der Waals surface area (Å²) in [6.07, 6.45) is 5.30. The molecule has 3 N–H and O–H groups in total. The van der Waals surface area contributed by atoms with Crippen molar-refractivity contribution >= 4 is 15.9 Å². The van der Waals surface area contributed by atoms with E-state index in [1.54, 1.807) is 13.3 Å². The fraction of sp³-hybridized carbons (Fsp3) is 0.583. The lowest BCUT2D eigenvalue weighted by molar-refractivity contribution is 0.00710. The molecule has 4 nitrogen and oxygen atoms in total. The van der Waals surface area contributed by atoms with Gasteiger partial charge in [0.2, 0.25) is 0 Å². The van der Waals surface area contributed by atoms with Crippen molar-refractivity contribution in [2.45, 2.75) is 38.3 Å². The van der Waals surface area contributed by atoms with Gasteiger partial charge in [-0.05, 0) is 54.2 Å². The van der Waals surface area contributed by atoms with Crippen LogP contribution in [-0.4, -0.2) is 23.7 Å². The van der Waals surface area contributed by atoms with E-state index in [4.69, 9.17) is 10.6 Å². The number of pyridine rings is 1. The first kappa shape index (κ1) is 14.6. The molecule has 0 aromatic carbocycles. The molecular formula is C12H20BrN3O. The zero-order chi connectivity index (χ0) is 12.9. The number of halogens is 1. The third-order valence-corrected chi connectivity index (χ3v) is 3.20. The SMILES string of the molecule is COC(C)(C)CC(Cc1cncc(Br)c1)NN. The molecule has 96 valence electrons. The Bertz CT molecular complexity index is 357. The topological polar surface area (TPSA) is 60.2 Å². The van der Waals surface area contributed by atoms with Crippen LogP contribution in [0.25, 0.3) is 0 Å². The highest BCUT2D eigenvalue weighted by Crippen LogP contribution is 2.18. The number of aromatic nitrogens is 1. The van der Waals surface area contributed by atoms with E-state index in [9.17, 15) is 0 Å². The maximum absolute atomic E-state index is 5.58. The summed E-state index contributed by atoms with van der Waals surface area (Å²) in [5, 5.41) is 0. The lowest BCUT2D eigenvalue weighted by Crippen LogP contribution is -2.42. The van der Waals surface area contributed by atoms with E-state index in [1.165, 1.54) is 0 Å². The smallest absolute Gasteiger partial charge is 0.0638 e. The summed E-state index contributed by atoms with van der Waals surface area (Å²) in [4.78, 5) is 4.14. The van der Waals surface area contributed by atoms with Crippen molar-refractivity contribution in [2.24, 2.45) is 5.84 Å². The van der Waals surface area contributed by atoms with Gasteiger partial charge in [-0.2, -0.15) is 0 Å². The van der Waals surface area contributed by atoms with Gasteiger partial charge in [0.15, 0.2) is 0 Å². The third kappa shape index (κ3) is 5.12. The Labute approximate surface area is 111 Å². The van der Waals surface area contributed by atoms with E-state index in [0.29, 0.717) is 0 Å². The predicted octanol–water partition coefficient (Wildman–Crippen LogP) is 2.03. The van der Waals surface area contributed by atoms with Gasteiger partial charge in [0.1, 0.15) is 0 Å². The molecule has 1 rings (SSSR count). The van der Waals surface area contributed by atoms with Crippen molar-refractivity contribution < 1.29 is 4.74 Å². The van der Waals surface area contributed by atoms with Crippen molar-refractivity contribution in [3.63, 3.8) is 0 Å². The highest BCUT2D eigenvalue weighted by molar-refractivity contribution is 9.10. The van der Waals surface area contributed by atoms with Gasteiger partial charge >= 0.3 is 0 Å². The second-order valence-corrected chi connectivity index (χ2v) is 5.66. The van der Waals surface area contributed by atoms with Crippen LogP contribution >= 0.6 is 15.9 Å². The molecule has 1 atom stereocenters. The highest BCUT2D eigenvalue weighted by Gasteiger charge is 2.22. The molecule has 0 aliphatic rings. The average molecular weight is 302 g/mol. The summed E-state index contributed by atoms with van der Waals surface area (Å²) in [6, 6.07) is 2.22. The molecule has 0 aliphatic carbocycles. The minimum atomic E-state index is -0.184. The van der Waals surface area contributed by atoms with Crippen LogP contribution in [-0.2, 0) is 11.2 Å². The number of methoxy groups -OCH3 is 1. The molecule has 0 radical (unpaired) electrons. The number of nitrogens with two attached hydrogens (primary N) is 1. The van der Waals surface area contributed by atoms with E-state index in [1.807, 2.05) is 6.20 Å². The van der Waals surface area contributed by atoms with Gasteiger partial charge in [0.05, 0.1) is 5.60 Å². The molecule has 0 spiro atoms. The molecule has 5 heteroatoms. The molecule has 17 heavy (non-hydrogen) atoms. The molecule has 0 fully saturated rings. The molecule has 0 aliphatic heterocycles. The van der Waals surface area contributed by atoms with Crippen LogP contribution in [0.4, 0.5) is 0 Å². The van der Waals surface area contributed by atoms with Gasteiger partial charge in [-0.25, -0.2) is 0 Å². The maximum Gasteiger partial charge on any atom is 0.0638 e. The zero-order valence-corrected chi connectivity index (χ0v) is 12.1. The van der Waals surface area contributed by atoms with Gasteiger partial charge in [-0.1, -0.05) is 0 Å². The fourth-order valence-electron chi connectivity index (χ4n) is 1.72. The Balaban J connectivity index is 2.64.